The van der Waals surface area contributed by atoms with Gasteiger partial charge in [0.2, 0.25) is 0 Å². The van der Waals surface area contributed by atoms with Gasteiger partial charge in [-0.2, -0.15) is 0 Å². The molecule has 1 aromatic heterocycles. The number of rotatable bonds is 3. The fourth-order valence-electron chi connectivity index (χ4n) is 1.89. The SMILES string of the molecule is COC(=O)/C=C/c1[nH]c2ccccc2c1C(C)=O. The van der Waals surface area contributed by atoms with Crippen LogP contribution in [0.3, 0.4) is 0 Å². The Bertz CT molecular complexity index is 638. The minimum atomic E-state index is -0.455. The number of para-hydroxylation sites is 1. The number of ether oxygens (including phenoxy) is 1. The molecule has 0 aliphatic carbocycles. The molecular weight excluding hydrogens is 230 g/mol. The van der Waals surface area contributed by atoms with E-state index in [2.05, 4.69) is 9.72 Å². The second-order valence-corrected chi connectivity index (χ2v) is 3.87. The van der Waals surface area contributed by atoms with Gasteiger partial charge in [-0.05, 0) is 19.1 Å². The van der Waals surface area contributed by atoms with Crippen molar-refractivity contribution in [3.05, 3.63) is 41.6 Å². The molecule has 0 unspecified atom stereocenters. The smallest absolute Gasteiger partial charge is 0.330 e. The minimum Gasteiger partial charge on any atom is -0.466 e. The second-order valence-electron chi connectivity index (χ2n) is 3.87. The number of nitrogens with one attached hydrogen (secondary N) is 1. The first-order valence-electron chi connectivity index (χ1n) is 5.51. The molecule has 0 bridgehead atoms. The molecule has 4 heteroatoms. The number of esters is 1. The number of hydrogen-bond donors (Lipinski definition) is 1. The Labute approximate surface area is 104 Å². The number of aromatic nitrogens is 1. The summed E-state index contributed by atoms with van der Waals surface area (Å²) in [6, 6.07) is 7.52. The van der Waals surface area contributed by atoms with E-state index < -0.39 is 5.97 Å². The summed E-state index contributed by atoms with van der Waals surface area (Å²) in [7, 11) is 1.31. The quantitative estimate of drug-likeness (QED) is 0.512. The maximum atomic E-state index is 11.7. The summed E-state index contributed by atoms with van der Waals surface area (Å²) in [6.07, 6.45) is 2.85. The third-order valence-corrected chi connectivity index (χ3v) is 2.67. The molecule has 0 atom stereocenters. The largest absolute Gasteiger partial charge is 0.466 e. The highest BCUT2D eigenvalue weighted by Gasteiger charge is 2.13. The van der Waals surface area contributed by atoms with Crippen molar-refractivity contribution in [1.82, 2.24) is 4.98 Å². The first-order chi connectivity index (χ1) is 8.63. The lowest BCUT2D eigenvalue weighted by Gasteiger charge is -1.95. The fraction of sp³-hybridized carbons (Fsp3) is 0.143. The van der Waals surface area contributed by atoms with Gasteiger partial charge in [0.1, 0.15) is 0 Å². The Hall–Kier alpha value is -2.36. The number of methoxy groups -OCH3 is 1. The van der Waals surface area contributed by atoms with Crippen LogP contribution in [-0.2, 0) is 9.53 Å². The molecule has 0 fully saturated rings. The number of fused-ring (bicyclic) bond motifs is 1. The zero-order valence-corrected chi connectivity index (χ0v) is 10.2. The molecule has 1 N–H and O–H groups in total. The molecule has 0 spiro atoms. The van der Waals surface area contributed by atoms with E-state index in [0.717, 1.165) is 10.9 Å². The Morgan fingerprint density at radius 2 is 2.00 bits per heavy atom. The molecule has 1 heterocycles. The van der Waals surface area contributed by atoms with Crippen LogP contribution in [0.4, 0.5) is 0 Å². The van der Waals surface area contributed by atoms with Crippen LogP contribution in [-0.4, -0.2) is 23.8 Å². The Morgan fingerprint density at radius 3 is 2.67 bits per heavy atom. The van der Waals surface area contributed by atoms with Crippen LogP contribution in [0.2, 0.25) is 0 Å². The average Bonchev–Trinajstić information content (AvgIpc) is 2.74. The fourth-order valence-corrected chi connectivity index (χ4v) is 1.89. The van der Waals surface area contributed by atoms with E-state index in [0.29, 0.717) is 11.3 Å². The molecule has 4 nitrogen and oxygen atoms in total. The van der Waals surface area contributed by atoms with Crippen molar-refractivity contribution in [2.75, 3.05) is 7.11 Å². The van der Waals surface area contributed by atoms with Crippen LogP contribution in [0.1, 0.15) is 23.0 Å². The van der Waals surface area contributed by atoms with Gasteiger partial charge in [-0.3, -0.25) is 4.79 Å². The Kier molecular flexibility index (Phi) is 3.28. The highest BCUT2D eigenvalue weighted by atomic mass is 16.5. The number of hydrogen-bond acceptors (Lipinski definition) is 3. The van der Waals surface area contributed by atoms with E-state index in [1.54, 1.807) is 6.08 Å². The van der Waals surface area contributed by atoms with Crippen LogP contribution < -0.4 is 0 Å². The van der Waals surface area contributed by atoms with E-state index >= 15 is 0 Å². The summed E-state index contributed by atoms with van der Waals surface area (Å²) in [5, 5.41) is 0.856. The molecule has 0 aliphatic heterocycles. The number of carbonyl (C=O) groups is 2. The van der Waals surface area contributed by atoms with Crippen molar-refractivity contribution in [2.24, 2.45) is 0 Å². The monoisotopic (exact) mass is 243 g/mol. The minimum absolute atomic E-state index is 0.0445. The predicted octanol–water partition coefficient (Wildman–Crippen LogP) is 2.56. The topological polar surface area (TPSA) is 59.2 Å². The number of carbonyl (C=O) groups excluding carboxylic acids is 2. The molecule has 18 heavy (non-hydrogen) atoms. The Morgan fingerprint density at radius 1 is 1.28 bits per heavy atom. The molecular formula is C14H13NO3. The maximum Gasteiger partial charge on any atom is 0.330 e. The number of H-pyrrole nitrogens is 1. The lowest BCUT2D eigenvalue weighted by Crippen LogP contribution is -1.96. The van der Waals surface area contributed by atoms with Crippen LogP contribution in [0.25, 0.3) is 17.0 Å². The van der Waals surface area contributed by atoms with Crippen LogP contribution in [0.5, 0.6) is 0 Å². The summed E-state index contributed by atoms with van der Waals surface area (Å²) >= 11 is 0. The van der Waals surface area contributed by atoms with Gasteiger partial charge in [0, 0.05) is 17.0 Å². The van der Waals surface area contributed by atoms with Gasteiger partial charge in [-0.15, -0.1) is 0 Å². The average molecular weight is 243 g/mol. The molecule has 2 aromatic rings. The third-order valence-electron chi connectivity index (χ3n) is 2.67. The van der Waals surface area contributed by atoms with Crippen molar-refractivity contribution in [3.63, 3.8) is 0 Å². The third kappa shape index (κ3) is 2.18. The second kappa shape index (κ2) is 4.87. The van der Waals surface area contributed by atoms with Crippen molar-refractivity contribution in [1.29, 1.82) is 0 Å². The Balaban J connectivity index is 2.56. The van der Waals surface area contributed by atoms with E-state index in [1.807, 2.05) is 24.3 Å². The summed E-state index contributed by atoms with van der Waals surface area (Å²) in [5.41, 5.74) is 2.08. The van der Waals surface area contributed by atoms with Gasteiger partial charge in [0.05, 0.1) is 18.4 Å². The van der Waals surface area contributed by atoms with Gasteiger partial charge in [-0.25, -0.2) is 4.79 Å². The van der Waals surface area contributed by atoms with Crippen LogP contribution in [0, 0.1) is 0 Å². The molecule has 0 amide bonds. The van der Waals surface area contributed by atoms with Gasteiger partial charge >= 0.3 is 5.97 Å². The van der Waals surface area contributed by atoms with Gasteiger partial charge in [-0.1, -0.05) is 18.2 Å². The highest BCUT2D eigenvalue weighted by Crippen LogP contribution is 2.23. The van der Waals surface area contributed by atoms with Crippen molar-refractivity contribution in [3.8, 4) is 0 Å². The summed E-state index contributed by atoms with van der Waals surface area (Å²) < 4.78 is 4.52. The van der Waals surface area contributed by atoms with Gasteiger partial charge < -0.3 is 9.72 Å². The summed E-state index contributed by atoms with van der Waals surface area (Å²) in [6.45, 7) is 1.51. The molecule has 2 rings (SSSR count). The van der Waals surface area contributed by atoms with E-state index in [4.69, 9.17) is 0 Å². The molecule has 0 saturated carbocycles. The van der Waals surface area contributed by atoms with E-state index in [9.17, 15) is 9.59 Å². The number of ketones is 1. The van der Waals surface area contributed by atoms with Crippen molar-refractivity contribution >= 4 is 28.7 Å². The van der Waals surface area contributed by atoms with E-state index in [-0.39, 0.29) is 5.78 Å². The summed E-state index contributed by atoms with van der Waals surface area (Å²) in [5.74, 6) is -0.500. The number of Topliss-reactive ketones (excluding diaryl/α,β-unsaturated/α-hetero) is 1. The zero-order valence-electron chi connectivity index (χ0n) is 10.2. The first-order valence-corrected chi connectivity index (χ1v) is 5.51. The molecule has 92 valence electrons. The highest BCUT2D eigenvalue weighted by molar-refractivity contribution is 6.10. The molecule has 0 radical (unpaired) electrons. The number of aromatic amines is 1. The lowest BCUT2D eigenvalue weighted by molar-refractivity contribution is -0.134. The maximum absolute atomic E-state index is 11.7. The summed E-state index contributed by atoms with van der Waals surface area (Å²) in [4.78, 5) is 25.9. The van der Waals surface area contributed by atoms with Crippen LogP contribution >= 0.6 is 0 Å². The lowest BCUT2D eigenvalue weighted by atomic mass is 10.1. The normalized spacial score (nSPS) is 11.0. The standard InChI is InChI=1S/C14H13NO3/c1-9(16)14-10-5-3-4-6-11(10)15-12(14)7-8-13(17)18-2/h3-8,15H,1-2H3/b8-7+. The molecule has 0 aliphatic rings. The van der Waals surface area contributed by atoms with Gasteiger partial charge in [0.25, 0.3) is 0 Å². The first kappa shape index (κ1) is 12.1. The number of benzene rings is 1. The molecule has 0 saturated heterocycles. The van der Waals surface area contributed by atoms with Gasteiger partial charge in [0.15, 0.2) is 5.78 Å². The van der Waals surface area contributed by atoms with Crippen molar-refractivity contribution in [2.45, 2.75) is 6.92 Å². The molecule has 1 aromatic carbocycles. The van der Waals surface area contributed by atoms with E-state index in [1.165, 1.54) is 20.1 Å². The van der Waals surface area contributed by atoms with Crippen molar-refractivity contribution < 1.29 is 14.3 Å². The van der Waals surface area contributed by atoms with Crippen LogP contribution in [0.15, 0.2) is 30.3 Å². The zero-order chi connectivity index (χ0) is 13.1. The predicted molar refractivity (Wildman–Crippen MR) is 69.4 cm³/mol.